The molecule has 4 amide bonds. The molecule has 1 N–H and O–H groups in total. The molecule has 37 heavy (non-hydrogen) atoms. The number of barbiturate groups is 1. The highest BCUT2D eigenvalue weighted by atomic mass is 35.5. The number of halogens is 2. The van der Waals surface area contributed by atoms with Crippen LogP contribution in [-0.2, 0) is 16.2 Å². The molecule has 9 heteroatoms. The summed E-state index contributed by atoms with van der Waals surface area (Å²) in [6, 6.07) is 17.8. The summed E-state index contributed by atoms with van der Waals surface area (Å²) in [6.45, 7) is 2.83. The zero-order chi connectivity index (χ0) is 26.4. The van der Waals surface area contributed by atoms with E-state index in [9.17, 15) is 14.4 Å². The zero-order valence-corrected chi connectivity index (χ0v) is 21.5. The van der Waals surface area contributed by atoms with Crippen molar-refractivity contribution in [2.45, 2.75) is 26.4 Å². The predicted molar refractivity (Wildman–Crippen MR) is 143 cm³/mol. The second-order valence-corrected chi connectivity index (χ2v) is 9.04. The summed E-state index contributed by atoms with van der Waals surface area (Å²) < 4.78 is 11.6. The van der Waals surface area contributed by atoms with Crippen LogP contribution in [0.3, 0.4) is 0 Å². The molecule has 4 rings (SSSR count). The maximum Gasteiger partial charge on any atom is 0.335 e. The van der Waals surface area contributed by atoms with Crippen LogP contribution >= 0.6 is 23.2 Å². The highest BCUT2D eigenvalue weighted by Gasteiger charge is 2.37. The van der Waals surface area contributed by atoms with Crippen LogP contribution in [0.25, 0.3) is 6.08 Å². The highest BCUT2D eigenvalue weighted by molar-refractivity contribution is 6.42. The lowest BCUT2D eigenvalue weighted by atomic mass is 10.1. The summed E-state index contributed by atoms with van der Waals surface area (Å²) in [7, 11) is 0. The summed E-state index contributed by atoms with van der Waals surface area (Å²) >= 11 is 12.1. The standard InChI is InChI=1S/C28H24Cl2N2O5/c1-2-3-14-36-21-11-9-20(10-12-21)32-27(34)22(26(33)31-28(32)35)16-19-6-4-5-7-25(19)37-17-18-8-13-23(29)24(30)15-18/h4-13,15-16H,2-3,14,17H2,1H3,(H,31,33,35)/b22-16-. The number of carbonyl (C=O) groups excluding carboxylic acids is 3. The van der Waals surface area contributed by atoms with Crippen LogP contribution in [0, 0.1) is 0 Å². The minimum absolute atomic E-state index is 0.189. The molecule has 0 saturated carbocycles. The number of benzene rings is 3. The van der Waals surface area contributed by atoms with Gasteiger partial charge in [0, 0.05) is 5.56 Å². The molecule has 1 fully saturated rings. The summed E-state index contributed by atoms with van der Waals surface area (Å²) in [6.07, 6.45) is 3.33. The summed E-state index contributed by atoms with van der Waals surface area (Å²) in [4.78, 5) is 39.4. The second-order valence-electron chi connectivity index (χ2n) is 8.23. The van der Waals surface area contributed by atoms with Gasteiger partial charge in [-0.15, -0.1) is 0 Å². The van der Waals surface area contributed by atoms with Crippen molar-refractivity contribution in [2.75, 3.05) is 11.5 Å². The van der Waals surface area contributed by atoms with Crippen molar-refractivity contribution in [3.05, 3.63) is 93.5 Å². The lowest BCUT2D eigenvalue weighted by Gasteiger charge is -2.26. The maximum absolute atomic E-state index is 13.3. The molecule has 1 aliphatic rings. The Morgan fingerprint density at radius 1 is 0.919 bits per heavy atom. The van der Waals surface area contributed by atoms with E-state index in [1.807, 2.05) is 0 Å². The number of unbranched alkanes of at least 4 members (excludes halogenated alkanes) is 1. The molecule has 0 aromatic heterocycles. The molecule has 3 aromatic rings. The molecule has 3 aromatic carbocycles. The first-order valence-electron chi connectivity index (χ1n) is 11.7. The predicted octanol–water partition coefficient (Wildman–Crippen LogP) is 6.42. The van der Waals surface area contributed by atoms with Crippen LogP contribution in [-0.4, -0.2) is 24.5 Å². The topological polar surface area (TPSA) is 84.9 Å². The van der Waals surface area contributed by atoms with Gasteiger partial charge in [0.2, 0.25) is 0 Å². The molecular formula is C28H24Cl2N2O5. The van der Waals surface area contributed by atoms with E-state index in [0.29, 0.717) is 39.4 Å². The molecule has 0 unspecified atom stereocenters. The van der Waals surface area contributed by atoms with Gasteiger partial charge in [-0.1, -0.05) is 60.8 Å². The molecule has 0 spiro atoms. The van der Waals surface area contributed by atoms with Crippen molar-refractivity contribution in [1.29, 1.82) is 0 Å². The molecule has 0 atom stereocenters. The zero-order valence-electron chi connectivity index (χ0n) is 20.0. The Balaban J connectivity index is 1.56. The number of rotatable bonds is 9. The number of ether oxygens (including phenoxy) is 2. The third-order valence-corrected chi connectivity index (χ3v) is 6.30. The normalized spacial score (nSPS) is 14.6. The summed E-state index contributed by atoms with van der Waals surface area (Å²) in [5, 5.41) is 3.08. The fourth-order valence-electron chi connectivity index (χ4n) is 3.59. The van der Waals surface area contributed by atoms with E-state index in [2.05, 4.69) is 12.2 Å². The number of urea groups is 1. The SMILES string of the molecule is CCCCOc1ccc(N2C(=O)NC(=O)/C(=C/c3ccccc3OCc3ccc(Cl)c(Cl)c3)C2=O)cc1. The van der Waals surface area contributed by atoms with Crippen molar-refractivity contribution in [2.24, 2.45) is 0 Å². The van der Waals surface area contributed by atoms with Gasteiger partial charge in [-0.05, 0) is 60.5 Å². The van der Waals surface area contributed by atoms with Gasteiger partial charge < -0.3 is 9.47 Å². The Hall–Kier alpha value is -3.81. The van der Waals surface area contributed by atoms with Gasteiger partial charge in [0.15, 0.2) is 0 Å². The van der Waals surface area contributed by atoms with Gasteiger partial charge in [0.1, 0.15) is 23.7 Å². The van der Waals surface area contributed by atoms with Gasteiger partial charge in [-0.2, -0.15) is 0 Å². The van der Waals surface area contributed by atoms with Crippen LogP contribution in [0.1, 0.15) is 30.9 Å². The Bertz CT molecular complexity index is 1350. The lowest BCUT2D eigenvalue weighted by Crippen LogP contribution is -2.54. The second kappa shape index (κ2) is 12.0. The molecule has 1 saturated heterocycles. The molecular weight excluding hydrogens is 515 g/mol. The van der Waals surface area contributed by atoms with Gasteiger partial charge in [-0.3, -0.25) is 14.9 Å². The van der Waals surface area contributed by atoms with Crippen molar-refractivity contribution < 1.29 is 23.9 Å². The number of hydrogen-bond donors (Lipinski definition) is 1. The van der Waals surface area contributed by atoms with E-state index < -0.39 is 17.8 Å². The Morgan fingerprint density at radius 2 is 1.68 bits per heavy atom. The third kappa shape index (κ3) is 6.31. The molecule has 0 aliphatic carbocycles. The van der Waals surface area contributed by atoms with E-state index >= 15 is 0 Å². The molecule has 1 aliphatic heterocycles. The van der Waals surface area contributed by atoms with E-state index in [-0.39, 0.29) is 12.2 Å². The van der Waals surface area contributed by atoms with E-state index in [1.54, 1.807) is 66.7 Å². The fraction of sp³-hybridized carbons (Fsp3) is 0.179. The van der Waals surface area contributed by atoms with Crippen LogP contribution in [0.5, 0.6) is 11.5 Å². The smallest absolute Gasteiger partial charge is 0.335 e. The fourth-order valence-corrected chi connectivity index (χ4v) is 3.92. The molecule has 1 heterocycles. The van der Waals surface area contributed by atoms with Crippen LogP contribution < -0.4 is 19.7 Å². The molecule has 190 valence electrons. The number of anilines is 1. The number of carbonyl (C=O) groups is 3. The first-order chi connectivity index (χ1) is 17.9. The number of para-hydroxylation sites is 1. The summed E-state index contributed by atoms with van der Waals surface area (Å²) in [5.41, 5.74) is 1.40. The average molecular weight is 539 g/mol. The minimum Gasteiger partial charge on any atom is -0.494 e. The highest BCUT2D eigenvalue weighted by Crippen LogP contribution is 2.28. The Morgan fingerprint density at radius 3 is 2.41 bits per heavy atom. The largest absolute Gasteiger partial charge is 0.494 e. The van der Waals surface area contributed by atoms with Crippen molar-refractivity contribution >= 4 is 52.8 Å². The monoisotopic (exact) mass is 538 g/mol. The maximum atomic E-state index is 13.3. The van der Waals surface area contributed by atoms with Crippen molar-refractivity contribution in [1.82, 2.24) is 5.32 Å². The van der Waals surface area contributed by atoms with E-state index in [0.717, 1.165) is 23.3 Å². The Kier molecular flexibility index (Phi) is 8.48. The van der Waals surface area contributed by atoms with Crippen LogP contribution in [0.4, 0.5) is 10.5 Å². The third-order valence-electron chi connectivity index (χ3n) is 5.56. The number of nitrogens with zero attached hydrogens (tertiary/aromatic N) is 1. The minimum atomic E-state index is -0.823. The lowest BCUT2D eigenvalue weighted by molar-refractivity contribution is -0.122. The number of amides is 4. The average Bonchev–Trinajstić information content (AvgIpc) is 2.89. The van der Waals surface area contributed by atoms with Gasteiger partial charge in [0.25, 0.3) is 11.8 Å². The van der Waals surface area contributed by atoms with Gasteiger partial charge in [-0.25, -0.2) is 9.69 Å². The van der Waals surface area contributed by atoms with Crippen LogP contribution in [0.15, 0.2) is 72.3 Å². The first-order valence-corrected chi connectivity index (χ1v) is 12.4. The van der Waals surface area contributed by atoms with E-state index in [1.165, 1.54) is 6.08 Å². The number of imide groups is 2. The van der Waals surface area contributed by atoms with Crippen LogP contribution in [0.2, 0.25) is 10.0 Å². The molecule has 7 nitrogen and oxygen atoms in total. The van der Waals surface area contributed by atoms with Crippen molar-refractivity contribution in [3.63, 3.8) is 0 Å². The first kappa shape index (κ1) is 26.3. The number of hydrogen-bond acceptors (Lipinski definition) is 5. The number of nitrogens with one attached hydrogen (secondary N) is 1. The quantitative estimate of drug-likeness (QED) is 0.193. The molecule has 0 radical (unpaired) electrons. The van der Waals surface area contributed by atoms with Gasteiger partial charge in [0.05, 0.1) is 22.3 Å². The Labute approximate surface area is 224 Å². The summed E-state index contributed by atoms with van der Waals surface area (Å²) in [5.74, 6) is -0.460. The molecule has 0 bridgehead atoms. The van der Waals surface area contributed by atoms with Gasteiger partial charge >= 0.3 is 6.03 Å². The van der Waals surface area contributed by atoms with E-state index in [4.69, 9.17) is 32.7 Å². The van der Waals surface area contributed by atoms with Crippen molar-refractivity contribution in [3.8, 4) is 11.5 Å².